The normalized spacial score (nSPS) is 21.2. The second-order valence-electron chi connectivity index (χ2n) is 6.05. The minimum atomic E-state index is 0.151. The second-order valence-corrected chi connectivity index (χ2v) is 6.05. The summed E-state index contributed by atoms with van der Waals surface area (Å²) in [4.78, 5) is 2.28. The molecule has 1 saturated heterocycles. The molecular formula is C17H28N2O2. The first kappa shape index (κ1) is 16.3. The zero-order valence-electron chi connectivity index (χ0n) is 13.5. The minimum absolute atomic E-state index is 0.151. The fourth-order valence-electron chi connectivity index (χ4n) is 2.59. The number of hydrogen-bond acceptors (Lipinski definition) is 4. The summed E-state index contributed by atoms with van der Waals surface area (Å²) < 4.78 is 11.8. The molecule has 1 aromatic rings. The number of benzene rings is 1. The summed E-state index contributed by atoms with van der Waals surface area (Å²) in [5.41, 5.74) is 8.54. The van der Waals surface area contributed by atoms with Gasteiger partial charge in [0, 0.05) is 19.1 Å². The maximum Gasteiger partial charge on any atom is 0.122 e. The smallest absolute Gasteiger partial charge is 0.122 e. The van der Waals surface area contributed by atoms with Crippen LogP contribution in [0.3, 0.4) is 0 Å². The van der Waals surface area contributed by atoms with Crippen LogP contribution in [0.1, 0.15) is 24.5 Å². The van der Waals surface area contributed by atoms with Gasteiger partial charge < -0.3 is 20.1 Å². The van der Waals surface area contributed by atoms with Crippen molar-refractivity contribution in [2.45, 2.75) is 38.8 Å². The Morgan fingerprint density at radius 1 is 1.48 bits per heavy atom. The number of nitrogens with two attached hydrogens (primary N) is 1. The monoisotopic (exact) mass is 292 g/mol. The molecule has 4 nitrogen and oxygen atoms in total. The van der Waals surface area contributed by atoms with Crippen LogP contribution in [0, 0.1) is 6.92 Å². The fraction of sp³-hybridized carbons (Fsp3) is 0.647. The Bertz CT molecular complexity index is 450. The second kappa shape index (κ2) is 7.78. The Morgan fingerprint density at radius 3 is 3.00 bits per heavy atom. The van der Waals surface area contributed by atoms with E-state index >= 15 is 0 Å². The Morgan fingerprint density at radius 2 is 2.29 bits per heavy atom. The van der Waals surface area contributed by atoms with Crippen LogP contribution in [0.15, 0.2) is 18.2 Å². The largest absolute Gasteiger partial charge is 0.491 e. The van der Waals surface area contributed by atoms with E-state index < -0.39 is 0 Å². The molecule has 0 aromatic heterocycles. The lowest BCUT2D eigenvalue weighted by Crippen LogP contribution is -2.42. The van der Waals surface area contributed by atoms with E-state index in [4.69, 9.17) is 15.2 Å². The number of hydrogen-bond donors (Lipinski definition) is 1. The lowest BCUT2D eigenvalue weighted by Gasteiger charge is -2.30. The van der Waals surface area contributed by atoms with Gasteiger partial charge in [-0.15, -0.1) is 0 Å². The molecule has 0 amide bonds. The number of aryl methyl sites for hydroxylation is 1. The predicted octanol–water partition coefficient (Wildman–Crippen LogP) is 1.98. The van der Waals surface area contributed by atoms with Crippen molar-refractivity contribution in [1.82, 2.24) is 4.90 Å². The van der Waals surface area contributed by atoms with Crippen molar-refractivity contribution in [1.29, 1.82) is 0 Å². The third kappa shape index (κ3) is 4.99. The van der Waals surface area contributed by atoms with Crippen LogP contribution in [-0.4, -0.2) is 50.4 Å². The van der Waals surface area contributed by atoms with E-state index in [1.54, 1.807) is 0 Å². The molecular weight excluding hydrogens is 264 g/mol. The molecule has 2 rings (SSSR count). The molecule has 1 aromatic carbocycles. The van der Waals surface area contributed by atoms with Crippen molar-refractivity contribution in [3.63, 3.8) is 0 Å². The molecule has 2 atom stereocenters. The Balaban J connectivity index is 1.98. The third-order valence-electron chi connectivity index (χ3n) is 3.99. The Hall–Kier alpha value is -1.10. The van der Waals surface area contributed by atoms with Gasteiger partial charge in [-0.3, -0.25) is 0 Å². The summed E-state index contributed by atoms with van der Waals surface area (Å²) in [6.07, 6.45) is 1.99. The zero-order valence-corrected chi connectivity index (χ0v) is 13.5. The molecule has 0 bridgehead atoms. The molecule has 21 heavy (non-hydrogen) atoms. The molecule has 2 N–H and O–H groups in total. The highest BCUT2D eigenvalue weighted by atomic mass is 16.5. The molecule has 1 aliphatic rings. The molecule has 0 radical (unpaired) electrons. The van der Waals surface area contributed by atoms with Crippen LogP contribution >= 0.6 is 0 Å². The summed E-state index contributed by atoms with van der Waals surface area (Å²) in [6, 6.07) is 6.51. The van der Waals surface area contributed by atoms with Gasteiger partial charge in [-0.2, -0.15) is 0 Å². The summed E-state index contributed by atoms with van der Waals surface area (Å²) in [7, 11) is 2.12. The van der Waals surface area contributed by atoms with Gasteiger partial charge in [0.25, 0.3) is 0 Å². The van der Waals surface area contributed by atoms with E-state index in [0.717, 1.165) is 38.3 Å². The number of rotatable bonds is 6. The molecule has 0 spiro atoms. The highest BCUT2D eigenvalue weighted by Crippen LogP contribution is 2.22. The summed E-state index contributed by atoms with van der Waals surface area (Å²) in [6.45, 7) is 7.53. The van der Waals surface area contributed by atoms with Crippen LogP contribution in [-0.2, 0) is 11.2 Å². The molecule has 1 fully saturated rings. The summed E-state index contributed by atoms with van der Waals surface area (Å²) in [5.74, 6) is 0.946. The number of morpholine rings is 1. The van der Waals surface area contributed by atoms with Crippen LogP contribution in [0.2, 0.25) is 0 Å². The van der Waals surface area contributed by atoms with Crippen LogP contribution < -0.4 is 10.5 Å². The first-order valence-corrected chi connectivity index (χ1v) is 7.86. The predicted molar refractivity (Wildman–Crippen MR) is 85.9 cm³/mol. The number of likely N-dealkylation sites (N-methyl/N-ethyl adjacent to an activating group) is 1. The van der Waals surface area contributed by atoms with Crippen molar-refractivity contribution in [3.05, 3.63) is 29.3 Å². The van der Waals surface area contributed by atoms with E-state index in [1.807, 2.05) is 0 Å². The van der Waals surface area contributed by atoms with Crippen LogP contribution in [0.4, 0.5) is 0 Å². The third-order valence-corrected chi connectivity index (χ3v) is 3.99. The fourth-order valence-corrected chi connectivity index (χ4v) is 2.59. The molecule has 118 valence electrons. The van der Waals surface area contributed by atoms with Gasteiger partial charge in [-0.1, -0.05) is 24.6 Å². The van der Waals surface area contributed by atoms with Gasteiger partial charge in [0.1, 0.15) is 18.5 Å². The topological polar surface area (TPSA) is 47.7 Å². The first-order chi connectivity index (χ1) is 10.1. The van der Waals surface area contributed by atoms with Crippen molar-refractivity contribution >= 4 is 0 Å². The van der Waals surface area contributed by atoms with Gasteiger partial charge >= 0.3 is 0 Å². The van der Waals surface area contributed by atoms with Gasteiger partial charge in [0.2, 0.25) is 0 Å². The van der Waals surface area contributed by atoms with Crippen molar-refractivity contribution in [2.24, 2.45) is 5.73 Å². The quantitative estimate of drug-likeness (QED) is 0.871. The van der Waals surface area contributed by atoms with E-state index in [9.17, 15) is 0 Å². The standard InChI is InChI=1S/C17H28N2O2/c1-4-15(18)10-14-9-13(2)5-6-17(14)21-12-16-11-19(3)7-8-20-16/h5-6,9,15-16H,4,7-8,10-12,18H2,1-3H3. The average Bonchev–Trinajstić information content (AvgIpc) is 2.46. The van der Waals surface area contributed by atoms with Crippen molar-refractivity contribution < 1.29 is 9.47 Å². The molecule has 0 saturated carbocycles. The molecule has 1 aliphatic heterocycles. The van der Waals surface area contributed by atoms with E-state index in [1.165, 1.54) is 11.1 Å². The lowest BCUT2D eigenvalue weighted by atomic mass is 10.0. The van der Waals surface area contributed by atoms with E-state index in [2.05, 4.69) is 44.0 Å². The molecule has 4 heteroatoms. The Labute approximate surface area is 128 Å². The molecule has 0 aliphatic carbocycles. The van der Waals surface area contributed by atoms with Crippen LogP contribution in [0.5, 0.6) is 5.75 Å². The lowest BCUT2D eigenvalue weighted by molar-refractivity contribution is -0.0404. The average molecular weight is 292 g/mol. The maximum absolute atomic E-state index is 6.09. The highest BCUT2D eigenvalue weighted by Gasteiger charge is 2.19. The summed E-state index contributed by atoms with van der Waals surface area (Å²) in [5, 5.41) is 0. The first-order valence-electron chi connectivity index (χ1n) is 7.86. The van der Waals surface area contributed by atoms with Crippen molar-refractivity contribution in [2.75, 3.05) is 33.4 Å². The van der Waals surface area contributed by atoms with Crippen LogP contribution in [0.25, 0.3) is 0 Å². The SMILES string of the molecule is CCC(N)Cc1cc(C)ccc1OCC1CN(C)CCO1. The van der Waals surface area contributed by atoms with Gasteiger partial charge in [-0.05, 0) is 38.4 Å². The van der Waals surface area contributed by atoms with Gasteiger partial charge in [0.05, 0.1) is 6.61 Å². The molecule has 1 heterocycles. The number of ether oxygens (including phenoxy) is 2. The molecule has 2 unspecified atom stereocenters. The van der Waals surface area contributed by atoms with E-state index in [-0.39, 0.29) is 12.1 Å². The van der Waals surface area contributed by atoms with Gasteiger partial charge in [0.15, 0.2) is 0 Å². The minimum Gasteiger partial charge on any atom is -0.491 e. The van der Waals surface area contributed by atoms with E-state index in [0.29, 0.717) is 6.61 Å². The Kier molecular flexibility index (Phi) is 6.03. The van der Waals surface area contributed by atoms with Gasteiger partial charge in [-0.25, -0.2) is 0 Å². The van der Waals surface area contributed by atoms with Crippen molar-refractivity contribution in [3.8, 4) is 5.75 Å². The number of nitrogens with zero attached hydrogens (tertiary/aromatic N) is 1. The maximum atomic E-state index is 6.09. The zero-order chi connectivity index (χ0) is 15.2. The highest BCUT2D eigenvalue weighted by molar-refractivity contribution is 5.37. The summed E-state index contributed by atoms with van der Waals surface area (Å²) >= 11 is 0.